The molecule has 0 fully saturated rings. The van der Waals surface area contributed by atoms with Crippen LogP contribution in [0.2, 0.25) is 0 Å². The Balaban J connectivity index is 1.59. The Hall–Kier alpha value is -4.17. The van der Waals surface area contributed by atoms with Crippen molar-refractivity contribution in [3.63, 3.8) is 0 Å². The zero-order valence-corrected chi connectivity index (χ0v) is 27.9. The Morgan fingerprint density at radius 2 is 0.723 bits per heavy atom. The fourth-order valence-corrected chi connectivity index (χ4v) is 9.29. The summed E-state index contributed by atoms with van der Waals surface area (Å²) in [5, 5.41) is 0. The lowest BCUT2D eigenvalue weighted by Crippen LogP contribution is -2.51. The molecule has 12 heteroatoms. The third-order valence-corrected chi connectivity index (χ3v) is 12.6. The van der Waals surface area contributed by atoms with Gasteiger partial charge in [-0.3, -0.25) is 0 Å². The van der Waals surface area contributed by atoms with Crippen LogP contribution in [-0.2, 0) is 43.2 Å². The number of nitrogens with one attached hydrogen (secondary N) is 1. The molecule has 0 atom stereocenters. The molecule has 1 N–H and O–H groups in total. The van der Waals surface area contributed by atoms with Gasteiger partial charge in [-0.2, -0.15) is 8.61 Å². The van der Waals surface area contributed by atoms with Crippen molar-refractivity contribution in [2.24, 2.45) is 0 Å². The van der Waals surface area contributed by atoms with Gasteiger partial charge in [0.1, 0.15) is 0 Å². The highest BCUT2D eigenvalue weighted by molar-refractivity contribution is 7.90. The molecule has 5 aromatic rings. The lowest BCUT2D eigenvalue weighted by molar-refractivity contribution is 0.311. The average molecular weight is 690 g/mol. The molecular weight excluding hydrogens is 655 g/mol. The van der Waals surface area contributed by atoms with E-state index in [0.29, 0.717) is 11.1 Å². The zero-order chi connectivity index (χ0) is 33.3. The van der Waals surface area contributed by atoms with Crippen molar-refractivity contribution in [2.45, 2.75) is 33.8 Å². The fraction of sp³-hybridized carbons (Fsp3) is 0.143. The largest absolute Gasteiger partial charge is 0.243 e. The minimum atomic E-state index is -4.21. The van der Waals surface area contributed by atoms with Gasteiger partial charge in [-0.1, -0.05) is 115 Å². The molecule has 0 radical (unpaired) electrons. The molecule has 0 aliphatic rings. The summed E-state index contributed by atoms with van der Waals surface area (Å²) in [6.45, 7) is -0.890. The molecule has 0 aliphatic heterocycles. The molecule has 0 aliphatic carbocycles. The first kappa shape index (κ1) is 34.2. The molecule has 0 aromatic heterocycles. The van der Waals surface area contributed by atoms with E-state index < -0.39 is 36.1 Å². The predicted octanol–water partition coefficient (Wildman–Crippen LogP) is 5.12. The van der Waals surface area contributed by atoms with Crippen LogP contribution in [0.15, 0.2) is 166 Å². The molecule has 244 valence electrons. The second-order valence-corrected chi connectivity index (χ2v) is 16.4. The van der Waals surface area contributed by atoms with Crippen LogP contribution in [0.25, 0.3) is 0 Å². The number of benzene rings is 5. The lowest BCUT2D eigenvalue weighted by Gasteiger charge is -2.31. The van der Waals surface area contributed by atoms with Gasteiger partial charge in [0.2, 0.25) is 30.1 Å². The van der Waals surface area contributed by atoms with Crippen molar-refractivity contribution < 1.29 is 25.3 Å². The van der Waals surface area contributed by atoms with Gasteiger partial charge in [0.25, 0.3) is 0 Å². The predicted molar refractivity (Wildman–Crippen MR) is 182 cm³/mol. The molecular formula is C35H35N3O6S3. The molecule has 5 aromatic carbocycles. The fourth-order valence-electron chi connectivity index (χ4n) is 5.06. The Morgan fingerprint density at radius 3 is 1.06 bits per heavy atom. The van der Waals surface area contributed by atoms with Crippen LogP contribution in [0.3, 0.4) is 0 Å². The second-order valence-electron chi connectivity index (χ2n) is 10.8. The molecule has 5 rings (SSSR count). The van der Waals surface area contributed by atoms with Gasteiger partial charge >= 0.3 is 0 Å². The van der Waals surface area contributed by atoms with Gasteiger partial charge in [0.15, 0.2) is 0 Å². The standard InChI is InChI=1S/C35H35N3O6S3/c39-45(40,33-20-10-3-11-21-33)36-32(28-37(26-30-16-6-1-7-17-30)46(41,42)34-22-12-4-13-23-34)29-38(27-31-18-8-2-9-19-31)47(43,44)35-24-14-5-15-25-35/h1-25,32,36H,26-29H2. The van der Waals surface area contributed by atoms with Gasteiger partial charge in [-0.05, 0) is 47.5 Å². The molecule has 0 saturated carbocycles. The molecule has 0 amide bonds. The molecule has 0 spiro atoms. The summed E-state index contributed by atoms with van der Waals surface area (Å²) < 4.78 is 88.9. The first-order valence-corrected chi connectivity index (χ1v) is 19.2. The summed E-state index contributed by atoms with van der Waals surface area (Å²) in [5.74, 6) is 0. The van der Waals surface area contributed by atoms with E-state index in [1.165, 1.54) is 45.0 Å². The quantitative estimate of drug-likeness (QED) is 0.163. The van der Waals surface area contributed by atoms with E-state index in [-0.39, 0.29) is 40.9 Å². The molecule has 47 heavy (non-hydrogen) atoms. The SMILES string of the molecule is O=S(=O)(NC(CN(Cc1ccccc1)S(=O)(=O)c1ccccc1)CN(Cc1ccccc1)S(=O)(=O)c1ccccc1)c1ccccc1. The van der Waals surface area contributed by atoms with Gasteiger partial charge in [0, 0.05) is 32.2 Å². The molecule has 9 nitrogen and oxygen atoms in total. The maximum absolute atomic E-state index is 14.1. The zero-order valence-electron chi connectivity index (χ0n) is 25.4. The van der Waals surface area contributed by atoms with E-state index in [4.69, 9.17) is 0 Å². The summed E-state index contributed by atoms with van der Waals surface area (Å²) in [7, 11) is -12.5. The smallest absolute Gasteiger partial charge is 0.207 e. The number of sulfonamides is 3. The Labute approximate surface area is 277 Å². The molecule has 0 heterocycles. The summed E-state index contributed by atoms with van der Waals surface area (Å²) in [4.78, 5) is 0.0170. The van der Waals surface area contributed by atoms with Crippen LogP contribution in [-0.4, -0.2) is 53.0 Å². The third kappa shape index (κ3) is 8.80. The third-order valence-electron chi connectivity index (χ3n) is 7.39. The van der Waals surface area contributed by atoms with Crippen LogP contribution < -0.4 is 4.72 Å². The molecule has 0 unspecified atom stereocenters. The van der Waals surface area contributed by atoms with Gasteiger partial charge in [-0.15, -0.1) is 0 Å². The van der Waals surface area contributed by atoms with Crippen LogP contribution in [0, 0.1) is 0 Å². The monoisotopic (exact) mass is 689 g/mol. The number of nitrogens with zero attached hydrogens (tertiary/aromatic N) is 2. The topological polar surface area (TPSA) is 121 Å². The maximum atomic E-state index is 14.1. The van der Waals surface area contributed by atoms with Crippen LogP contribution in [0.4, 0.5) is 0 Å². The van der Waals surface area contributed by atoms with Gasteiger partial charge in [0.05, 0.1) is 14.7 Å². The van der Waals surface area contributed by atoms with Gasteiger partial charge in [-0.25, -0.2) is 30.0 Å². The first-order chi connectivity index (χ1) is 22.6. The van der Waals surface area contributed by atoms with E-state index in [2.05, 4.69) is 4.72 Å². The maximum Gasteiger partial charge on any atom is 0.243 e. The van der Waals surface area contributed by atoms with E-state index >= 15 is 0 Å². The Bertz CT molecular complexity index is 1930. The minimum absolute atomic E-state index is 0.0265. The van der Waals surface area contributed by atoms with E-state index in [1.54, 1.807) is 103 Å². The van der Waals surface area contributed by atoms with E-state index in [0.717, 1.165) is 0 Å². The Morgan fingerprint density at radius 1 is 0.426 bits per heavy atom. The highest BCUT2D eigenvalue weighted by atomic mass is 32.2. The van der Waals surface area contributed by atoms with Crippen molar-refractivity contribution in [1.82, 2.24) is 13.3 Å². The van der Waals surface area contributed by atoms with Crippen molar-refractivity contribution >= 4 is 30.1 Å². The van der Waals surface area contributed by atoms with E-state index in [9.17, 15) is 25.3 Å². The van der Waals surface area contributed by atoms with Crippen molar-refractivity contribution in [3.05, 3.63) is 163 Å². The summed E-state index contributed by atoms with van der Waals surface area (Å²) in [5.41, 5.74) is 1.35. The molecule has 0 bridgehead atoms. The van der Waals surface area contributed by atoms with Crippen LogP contribution in [0.1, 0.15) is 11.1 Å². The van der Waals surface area contributed by atoms with E-state index in [1.807, 2.05) is 12.1 Å². The van der Waals surface area contributed by atoms with Gasteiger partial charge < -0.3 is 0 Å². The molecule has 0 saturated heterocycles. The normalized spacial score (nSPS) is 12.5. The first-order valence-electron chi connectivity index (χ1n) is 14.8. The van der Waals surface area contributed by atoms with Crippen molar-refractivity contribution in [2.75, 3.05) is 13.1 Å². The Kier molecular flexibility index (Phi) is 11.0. The van der Waals surface area contributed by atoms with Crippen molar-refractivity contribution in [3.8, 4) is 0 Å². The average Bonchev–Trinajstić information content (AvgIpc) is 3.09. The lowest BCUT2D eigenvalue weighted by atomic mass is 10.2. The number of hydrogen-bond donors (Lipinski definition) is 1. The minimum Gasteiger partial charge on any atom is -0.207 e. The second kappa shape index (κ2) is 15.2. The highest BCUT2D eigenvalue weighted by Crippen LogP contribution is 2.23. The summed E-state index contributed by atoms with van der Waals surface area (Å²) in [6, 6.07) is 40.1. The van der Waals surface area contributed by atoms with Crippen LogP contribution in [0.5, 0.6) is 0 Å². The van der Waals surface area contributed by atoms with Crippen molar-refractivity contribution in [1.29, 1.82) is 0 Å². The number of rotatable bonds is 15. The highest BCUT2D eigenvalue weighted by Gasteiger charge is 2.34. The van der Waals surface area contributed by atoms with Crippen LogP contribution >= 0.6 is 0 Å². The summed E-state index contributed by atoms with van der Waals surface area (Å²) >= 11 is 0. The number of hydrogen-bond acceptors (Lipinski definition) is 6. The summed E-state index contributed by atoms with van der Waals surface area (Å²) in [6.07, 6.45) is 0.